The lowest BCUT2D eigenvalue weighted by Crippen LogP contribution is -2.36. The molecule has 2 N–H and O–H groups in total. The minimum Gasteiger partial charge on any atom is -0.444 e. The van der Waals surface area contributed by atoms with Crippen molar-refractivity contribution >= 4 is 6.09 Å². The third-order valence-electron chi connectivity index (χ3n) is 3.77. The molecule has 0 aliphatic carbocycles. The molecule has 21 heavy (non-hydrogen) atoms. The molecule has 0 saturated carbocycles. The summed E-state index contributed by atoms with van der Waals surface area (Å²) in [6.45, 7) is 9.83. The summed E-state index contributed by atoms with van der Waals surface area (Å²) in [6, 6.07) is 1.87. The molecule has 2 rings (SSSR count). The largest absolute Gasteiger partial charge is 0.444 e. The maximum absolute atomic E-state index is 12.1. The summed E-state index contributed by atoms with van der Waals surface area (Å²) in [5, 5.41) is 4.26. The molecular weight excluding hydrogens is 268 g/mol. The van der Waals surface area contributed by atoms with Gasteiger partial charge in [0.05, 0.1) is 11.7 Å². The van der Waals surface area contributed by atoms with E-state index in [1.807, 2.05) is 38.4 Å². The zero-order chi connectivity index (χ0) is 15.6. The van der Waals surface area contributed by atoms with Crippen molar-refractivity contribution in [2.75, 3.05) is 13.1 Å². The molecule has 2 heterocycles. The highest BCUT2D eigenvalue weighted by Crippen LogP contribution is 2.29. The molecule has 2 atom stereocenters. The van der Waals surface area contributed by atoms with Gasteiger partial charge in [-0.1, -0.05) is 0 Å². The molecule has 1 aliphatic heterocycles. The first-order valence-electron chi connectivity index (χ1n) is 7.57. The Kier molecular flexibility index (Phi) is 4.56. The summed E-state index contributed by atoms with van der Waals surface area (Å²) >= 11 is 0. The van der Waals surface area contributed by atoms with Crippen LogP contribution in [0.15, 0.2) is 12.3 Å². The Bertz CT molecular complexity index is 492. The minimum absolute atomic E-state index is 0.0973. The van der Waals surface area contributed by atoms with Crippen LogP contribution in [0.25, 0.3) is 0 Å². The fourth-order valence-electron chi connectivity index (χ4n) is 2.70. The fourth-order valence-corrected chi connectivity index (χ4v) is 2.70. The van der Waals surface area contributed by atoms with E-state index < -0.39 is 5.60 Å². The van der Waals surface area contributed by atoms with Crippen LogP contribution in [0.4, 0.5) is 4.79 Å². The summed E-state index contributed by atoms with van der Waals surface area (Å²) in [4.78, 5) is 13.8. The Hall–Kier alpha value is -1.56. The van der Waals surface area contributed by atoms with Gasteiger partial charge in [-0.25, -0.2) is 4.79 Å². The van der Waals surface area contributed by atoms with Crippen LogP contribution in [0.3, 0.4) is 0 Å². The number of hydrogen-bond acceptors (Lipinski definition) is 4. The standard InChI is InChI=1S/C15H26N4O2/c1-5-19-12(6-8-17-19)13(16)11-7-9-18(10-11)14(20)21-15(2,3)4/h6,8,11,13H,5,7,9-10,16H2,1-4H3. The third-order valence-corrected chi connectivity index (χ3v) is 3.77. The van der Waals surface area contributed by atoms with Gasteiger partial charge in [-0.05, 0) is 46.1 Å². The van der Waals surface area contributed by atoms with Crippen LogP contribution in [-0.4, -0.2) is 39.5 Å². The molecule has 118 valence electrons. The van der Waals surface area contributed by atoms with Gasteiger partial charge in [0, 0.05) is 25.8 Å². The van der Waals surface area contributed by atoms with Crippen molar-refractivity contribution in [1.82, 2.24) is 14.7 Å². The molecule has 1 amide bonds. The summed E-state index contributed by atoms with van der Waals surface area (Å²) in [6.07, 6.45) is 2.43. The molecule has 2 unspecified atom stereocenters. The Morgan fingerprint density at radius 2 is 2.29 bits per heavy atom. The zero-order valence-electron chi connectivity index (χ0n) is 13.4. The summed E-state index contributed by atoms with van der Waals surface area (Å²) in [7, 11) is 0. The molecule has 6 nitrogen and oxygen atoms in total. The van der Waals surface area contributed by atoms with Crippen molar-refractivity contribution in [2.24, 2.45) is 11.7 Å². The van der Waals surface area contributed by atoms with Crippen molar-refractivity contribution < 1.29 is 9.53 Å². The van der Waals surface area contributed by atoms with E-state index in [4.69, 9.17) is 10.5 Å². The number of nitrogens with two attached hydrogens (primary N) is 1. The molecule has 1 aromatic rings. The van der Waals surface area contributed by atoms with Crippen LogP contribution < -0.4 is 5.73 Å². The average Bonchev–Trinajstić information content (AvgIpc) is 3.05. The topological polar surface area (TPSA) is 73.4 Å². The molecule has 0 aromatic carbocycles. The number of rotatable bonds is 3. The van der Waals surface area contributed by atoms with Gasteiger partial charge in [0.25, 0.3) is 0 Å². The molecule has 1 aliphatic rings. The molecule has 0 bridgehead atoms. The van der Waals surface area contributed by atoms with E-state index in [1.165, 1.54) is 0 Å². The van der Waals surface area contributed by atoms with Crippen molar-refractivity contribution in [3.63, 3.8) is 0 Å². The van der Waals surface area contributed by atoms with Gasteiger partial charge < -0.3 is 15.4 Å². The maximum Gasteiger partial charge on any atom is 0.410 e. The van der Waals surface area contributed by atoms with E-state index in [0.717, 1.165) is 18.7 Å². The number of aromatic nitrogens is 2. The molecule has 1 aromatic heterocycles. The highest BCUT2D eigenvalue weighted by atomic mass is 16.6. The van der Waals surface area contributed by atoms with Crippen molar-refractivity contribution in [3.05, 3.63) is 18.0 Å². The molecular formula is C15H26N4O2. The lowest BCUT2D eigenvalue weighted by atomic mass is 9.97. The Labute approximate surface area is 126 Å². The van der Waals surface area contributed by atoms with Gasteiger partial charge in [-0.15, -0.1) is 0 Å². The number of hydrogen-bond donors (Lipinski definition) is 1. The van der Waals surface area contributed by atoms with E-state index in [-0.39, 0.29) is 18.1 Å². The first-order valence-corrected chi connectivity index (χ1v) is 7.57. The van der Waals surface area contributed by atoms with Crippen LogP contribution in [0.2, 0.25) is 0 Å². The quantitative estimate of drug-likeness (QED) is 0.927. The summed E-state index contributed by atoms with van der Waals surface area (Å²) < 4.78 is 7.33. The van der Waals surface area contributed by atoms with E-state index in [1.54, 1.807) is 11.1 Å². The van der Waals surface area contributed by atoms with Crippen LogP contribution >= 0.6 is 0 Å². The van der Waals surface area contributed by atoms with Gasteiger partial charge in [-0.2, -0.15) is 5.10 Å². The molecule has 6 heteroatoms. The van der Waals surface area contributed by atoms with E-state index in [2.05, 4.69) is 5.10 Å². The fraction of sp³-hybridized carbons (Fsp3) is 0.733. The predicted octanol–water partition coefficient (Wildman–Crippen LogP) is 2.16. The minimum atomic E-state index is -0.460. The number of carbonyl (C=O) groups excluding carboxylic acids is 1. The Morgan fingerprint density at radius 1 is 1.57 bits per heavy atom. The van der Waals surface area contributed by atoms with E-state index in [0.29, 0.717) is 13.1 Å². The summed E-state index contributed by atoms with van der Waals surface area (Å²) in [5.41, 5.74) is 6.95. The van der Waals surface area contributed by atoms with E-state index in [9.17, 15) is 4.79 Å². The first-order chi connectivity index (χ1) is 9.81. The van der Waals surface area contributed by atoms with Gasteiger partial charge in [0.2, 0.25) is 0 Å². The number of carbonyl (C=O) groups is 1. The molecule has 1 fully saturated rings. The van der Waals surface area contributed by atoms with E-state index >= 15 is 0 Å². The third kappa shape index (κ3) is 3.75. The first kappa shape index (κ1) is 15.8. The van der Waals surface area contributed by atoms with Crippen LogP contribution in [0, 0.1) is 5.92 Å². The number of amides is 1. The highest BCUT2D eigenvalue weighted by Gasteiger charge is 2.34. The molecule has 0 radical (unpaired) electrons. The Balaban J connectivity index is 1.97. The van der Waals surface area contributed by atoms with Gasteiger partial charge >= 0.3 is 6.09 Å². The lowest BCUT2D eigenvalue weighted by molar-refractivity contribution is 0.0286. The lowest BCUT2D eigenvalue weighted by Gasteiger charge is -2.25. The zero-order valence-corrected chi connectivity index (χ0v) is 13.4. The maximum atomic E-state index is 12.1. The van der Waals surface area contributed by atoms with Crippen LogP contribution in [-0.2, 0) is 11.3 Å². The second-order valence-corrected chi connectivity index (χ2v) is 6.57. The number of likely N-dealkylation sites (tertiary alicyclic amines) is 1. The van der Waals surface area contributed by atoms with Crippen LogP contribution in [0.5, 0.6) is 0 Å². The highest BCUT2D eigenvalue weighted by molar-refractivity contribution is 5.68. The normalized spacial score (nSPS) is 20.6. The second-order valence-electron chi connectivity index (χ2n) is 6.57. The molecule has 1 saturated heterocycles. The monoisotopic (exact) mass is 294 g/mol. The van der Waals surface area contributed by atoms with Crippen molar-refractivity contribution in [1.29, 1.82) is 0 Å². The van der Waals surface area contributed by atoms with Crippen LogP contribution in [0.1, 0.15) is 45.9 Å². The smallest absolute Gasteiger partial charge is 0.410 e. The Morgan fingerprint density at radius 3 is 2.90 bits per heavy atom. The van der Waals surface area contributed by atoms with Gasteiger partial charge in [0.1, 0.15) is 5.60 Å². The molecule has 0 spiro atoms. The van der Waals surface area contributed by atoms with Crippen molar-refractivity contribution in [3.8, 4) is 0 Å². The van der Waals surface area contributed by atoms with Gasteiger partial charge in [-0.3, -0.25) is 4.68 Å². The van der Waals surface area contributed by atoms with Gasteiger partial charge in [0.15, 0.2) is 0 Å². The second kappa shape index (κ2) is 6.05. The average molecular weight is 294 g/mol. The number of ether oxygens (including phenoxy) is 1. The number of nitrogens with zero attached hydrogens (tertiary/aromatic N) is 3. The van der Waals surface area contributed by atoms with Crippen molar-refractivity contribution in [2.45, 2.75) is 52.3 Å². The SMILES string of the molecule is CCn1nccc1C(N)C1CCN(C(=O)OC(C)(C)C)C1. The summed E-state index contributed by atoms with van der Waals surface area (Å²) in [5.74, 6) is 0.250. The number of aryl methyl sites for hydroxylation is 1. The predicted molar refractivity (Wildman–Crippen MR) is 80.7 cm³/mol.